The molecule has 1 aromatic heterocycles. The molecule has 9 aromatic carbocycles. The van der Waals surface area contributed by atoms with E-state index >= 15 is 0 Å². The molecule has 1 heteroatoms. The van der Waals surface area contributed by atoms with Crippen molar-refractivity contribution in [2.24, 2.45) is 0 Å². The Morgan fingerprint density at radius 2 is 0.846 bits per heavy atom. The van der Waals surface area contributed by atoms with E-state index in [4.69, 9.17) is 4.42 Å². The second kappa shape index (κ2) is 11.4. The minimum atomic E-state index is 0.911. The van der Waals surface area contributed by atoms with Gasteiger partial charge in [0.25, 0.3) is 0 Å². The van der Waals surface area contributed by atoms with E-state index in [2.05, 4.69) is 176 Å². The number of para-hydroxylation sites is 1. The summed E-state index contributed by atoms with van der Waals surface area (Å²) in [7, 11) is 0. The van der Waals surface area contributed by atoms with Gasteiger partial charge < -0.3 is 4.42 Å². The van der Waals surface area contributed by atoms with Gasteiger partial charge in [0.1, 0.15) is 11.2 Å². The SMILES string of the molecule is c1ccc(-c2cccc(-c3ccc4c(c3)-c3ccccc3C4)c2-c2c3ccccc3c(-c3ccc4oc5ccccc5c4c3)c3ccccc23)cc1. The second-order valence-corrected chi connectivity index (χ2v) is 14.0. The van der Waals surface area contributed by atoms with E-state index in [0.29, 0.717) is 0 Å². The first-order chi connectivity index (χ1) is 25.8. The number of benzene rings is 9. The molecule has 0 atom stereocenters. The maximum Gasteiger partial charge on any atom is 0.135 e. The summed E-state index contributed by atoms with van der Waals surface area (Å²) in [5.74, 6) is 0. The molecule has 0 fully saturated rings. The van der Waals surface area contributed by atoms with Crippen LogP contribution in [0, 0.1) is 0 Å². The maximum absolute atomic E-state index is 6.25. The highest BCUT2D eigenvalue weighted by molar-refractivity contribution is 6.24. The molecule has 1 nitrogen and oxygen atoms in total. The molecule has 0 N–H and O–H groups in total. The average molecular weight is 661 g/mol. The third-order valence-corrected chi connectivity index (χ3v) is 11.1. The molecule has 0 saturated carbocycles. The molecule has 11 rings (SSSR count). The Labute approximate surface area is 302 Å². The van der Waals surface area contributed by atoms with Crippen molar-refractivity contribution in [1.82, 2.24) is 0 Å². The Morgan fingerprint density at radius 1 is 0.288 bits per heavy atom. The van der Waals surface area contributed by atoms with Gasteiger partial charge >= 0.3 is 0 Å². The molecule has 1 aliphatic carbocycles. The summed E-state index contributed by atoms with van der Waals surface area (Å²) in [4.78, 5) is 0. The topological polar surface area (TPSA) is 13.1 Å². The van der Waals surface area contributed by atoms with Gasteiger partial charge in [-0.3, -0.25) is 0 Å². The highest BCUT2D eigenvalue weighted by atomic mass is 16.3. The van der Waals surface area contributed by atoms with Gasteiger partial charge in [-0.25, -0.2) is 0 Å². The lowest BCUT2D eigenvalue weighted by Gasteiger charge is -2.22. The molecule has 0 bridgehead atoms. The van der Waals surface area contributed by atoms with Crippen LogP contribution in [0.4, 0.5) is 0 Å². The Balaban J connectivity index is 1.24. The number of hydrogen-bond acceptors (Lipinski definition) is 1. The molecular weight excluding hydrogens is 629 g/mol. The van der Waals surface area contributed by atoms with E-state index in [1.54, 1.807) is 0 Å². The van der Waals surface area contributed by atoms with Crippen LogP contribution in [0.1, 0.15) is 11.1 Å². The van der Waals surface area contributed by atoms with Crippen LogP contribution < -0.4 is 0 Å². The van der Waals surface area contributed by atoms with Gasteiger partial charge in [0.15, 0.2) is 0 Å². The van der Waals surface area contributed by atoms with Gasteiger partial charge in [0.2, 0.25) is 0 Å². The lowest BCUT2D eigenvalue weighted by Crippen LogP contribution is -1.95. The highest BCUT2D eigenvalue weighted by Gasteiger charge is 2.24. The van der Waals surface area contributed by atoms with Crippen molar-refractivity contribution < 1.29 is 4.42 Å². The van der Waals surface area contributed by atoms with Crippen molar-refractivity contribution in [2.45, 2.75) is 6.42 Å². The third kappa shape index (κ3) is 4.36. The van der Waals surface area contributed by atoms with Gasteiger partial charge in [-0.05, 0) is 119 Å². The predicted molar refractivity (Wildman–Crippen MR) is 219 cm³/mol. The zero-order valence-corrected chi connectivity index (χ0v) is 28.4. The quantitative estimate of drug-likeness (QED) is 0.171. The molecule has 0 amide bonds. The number of furan rings is 1. The normalized spacial score (nSPS) is 12.2. The van der Waals surface area contributed by atoms with Crippen molar-refractivity contribution in [1.29, 1.82) is 0 Å². The summed E-state index contributed by atoms with van der Waals surface area (Å²) in [6, 6.07) is 66.7. The van der Waals surface area contributed by atoms with Crippen LogP contribution in [0.25, 0.3) is 99.1 Å². The first-order valence-electron chi connectivity index (χ1n) is 18.1. The van der Waals surface area contributed by atoms with E-state index < -0.39 is 0 Å². The fourth-order valence-electron chi connectivity index (χ4n) is 8.80. The average Bonchev–Trinajstić information content (AvgIpc) is 3.78. The Hall–Kier alpha value is -6.70. The predicted octanol–water partition coefficient (Wildman–Crippen LogP) is 14.1. The van der Waals surface area contributed by atoms with Crippen molar-refractivity contribution in [3.63, 3.8) is 0 Å². The minimum Gasteiger partial charge on any atom is -0.456 e. The zero-order chi connectivity index (χ0) is 34.2. The number of fused-ring (bicyclic) bond motifs is 8. The number of hydrogen-bond donors (Lipinski definition) is 0. The summed E-state index contributed by atoms with van der Waals surface area (Å²) >= 11 is 0. The molecule has 0 radical (unpaired) electrons. The molecule has 0 saturated heterocycles. The molecule has 0 spiro atoms. The third-order valence-electron chi connectivity index (χ3n) is 11.1. The van der Waals surface area contributed by atoms with Crippen LogP contribution in [-0.2, 0) is 6.42 Å². The van der Waals surface area contributed by atoms with Crippen LogP contribution >= 0.6 is 0 Å². The first kappa shape index (κ1) is 29.1. The molecule has 0 aliphatic heterocycles. The molecule has 242 valence electrons. The zero-order valence-electron chi connectivity index (χ0n) is 28.4. The van der Waals surface area contributed by atoms with E-state index in [-0.39, 0.29) is 0 Å². The van der Waals surface area contributed by atoms with Crippen molar-refractivity contribution in [3.05, 3.63) is 193 Å². The van der Waals surface area contributed by atoms with E-state index in [0.717, 1.165) is 28.4 Å². The minimum absolute atomic E-state index is 0.911. The largest absolute Gasteiger partial charge is 0.456 e. The summed E-state index contributed by atoms with van der Waals surface area (Å²) in [5, 5.41) is 7.23. The van der Waals surface area contributed by atoms with E-state index in [9.17, 15) is 0 Å². The summed E-state index contributed by atoms with van der Waals surface area (Å²) in [5.41, 5.74) is 17.2. The monoisotopic (exact) mass is 660 g/mol. The summed E-state index contributed by atoms with van der Waals surface area (Å²) in [6.07, 6.45) is 0.986. The van der Waals surface area contributed by atoms with E-state index in [1.165, 1.54) is 88.3 Å². The Kier molecular flexibility index (Phi) is 6.38. The van der Waals surface area contributed by atoms with Gasteiger partial charge in [0, 0.05) is 10.8 Å². The molecular formula is C51H32O. The van der Waals surface area contributed by atoms with Crippen LogP contribution in [-0.4, -0.2) is 0 Å². The van der Waals surface area contributed by atoms with Gasteiger partial charge in [-0.1, -0.05) is 158 Å². The van der Waals surface area contributed by atoms with Crippen molar-refractivity contribution >= 4 is 43.5 Å². The maximum atomic E-state index is 6.25. The van der Waals surface area contributed by atoms with Crippen LogP contribution in [0.2, 0.25) is 0 Å². The van der Waals surface area contributed by atoms with Crippen molar-refractivity contribution in [3.8, 4) is 55.6 Å². The molecule has 52 heavy (non-hydrogen) atoms. The highest BCUT2D eigenvalue weighted by Crippen LogP contribution is 2.50. The van der Waals surface area contributed by atoms with Crippen molar-refractivity contribution in [2.75, 3.05) is 0 Å². The van der Waals surface area contributed by atoms with E-state index in [1.807, 2.05) is 6.07 Å². The van der Waals surface area contributed by atoms with Crippen LogP contribution in [0.15, 0.2) is 186 Å². The second-order valence-electron chi connectivity index (χ2n) is 14.0. The van der Waals surface area contributed by atoms with Crippen LogP contribution in [0.3, 0.4) is 0 Å². The first-order valence-corrected chi connectivity index (χ1v) is 18.1. The van der Waals surface area contributed by atoms with Gasteiger partial charge in [-0.15, -0.1) is 0 Å². The Bertz CT molecular complexity index is 2980. The summed E-state index contributed by atoms with van der Waals surface area (Å²) in [6.45, 7) is 0. The number of rotatable bonds is 4. The molecule has 1 heterocycles. The fraction of sp³-hybridized carbons (Fsp3) is 0.0196. The standard InChI is InChI=1S/C51H32O/c1-2-13-32(14-3-1)38-22-12-23-39(35-26-25-34-29-33-15-4-5-16-37(33)45(34)30-35)50(38)51-43-20-8-6-18-41(43)49(42-19-7-9-21-44(42)51)36-27-28-48-46(31-36)40-17-10-11-24-47(40)52-48/h1-28,30-31H,29H2. The van der Waals surface area contributed by atoms with Gasteiger partial charge in [-0.2, -0.15) is 0 Å². The Morgan fingerprint density at radius 3 is 1.62 bits per heavy atom. The molecule has 0 unspecified atom stereocenters. The molecule has 10 aromatic rings. The lowest BCUT2D eigenvalue weighted by molar-refractivity contribution is 0.669. The van der Waals surface area contributed by atoms with Gasteiger partial charge in [0.05, 0.1) is 0 Å². The fourth-order valence-corrected chi connectivity index (χ4v) is 8.80. The molecule has 1 aliphatic rings. The lowest BCUT2D eigenvalue weighted by atomic mass is 9.80. The summed E-state index contributed by atoms with van der Waals surface area (Å²) < 4.78 is 6.25. The smallest absolute Gasteiger partial charge is 0.135 e. The van der Waals surface area contributed by atoms with Crippen LogP contribution in [0.5, 0.6) is 0 Å².